The lowest BCUT2D eigenvalue weighted by Gasteiger charge is -2.41. The maximum absolute atomic E-state index is 12.8. The van der Waals surface area contributed by atoms with Crippen LogP contribution in [0.1, 0.15) is 92.8 Å². The van der Waals surface area contributed by atoms with Crippen LogP contribution in [-0.4, -0.2) is 46.2 Å². The summed E-state index contributed by atoms with van der Waals surface area (Å²) in [6.07, 6.45) is 1.91. The van der Waals surface area contributed by atoms with E-state index in [2.05, 4.69) is 67.8 Å². The fraction of sp³-hybridized carbons (Fsp3) is 0.514. The number of halogens is 1. The van der Waals surface area contributed by atoms with Gasteiger partial charge in [-0.15, -0.1) is 0 Å². The predicted octanol–water partition coefficient (Wildman–Crippen LogP) is 8.45. The third-order valence-electron chi connectivity index (χ3n) is 9.26. The number of hydrogen-bond acceptors (Lipinski definition) is 5. The van der Waals surface area contributed by atoms with Crippen molar-refractivity contribution in [1.29, 1.82) is 0 Å². The highest BCUT2D eigenvalue weighted by Gasteiger charge is 2.36. The summed E-state index contributed by atoms with van der Waals surface area (Å²) in [4.78, 5) is 22.7. The van der Waals surface area contributed by atoms with Gasteiger partial charge in [-0.25, -0.2) is 4.79 Å². The molecule has 0 spiro atoms. The van der Waals surface area contributed by atoms with Crippen LogP contribution in [0.15, 0.2) is 36.4 Å². The average molecular weight is 618 g/mol. The minimum Gasteiger partial charge on any atom is -0.479 e. The molecule has 0 saturated carbocycles. The molecule has 236 valence electrons. The van der Waals surface area contributed by atoms with E-state index >= 15 is 0 Å². The Morgan fingerprint density at radius 2 is 1.73 bits per heavy atom. The van der Waals surface area contributed by atoms with Crippen LogP contribution in [0.3, 0.4) is 0 Å². The van der Waals surface area contributed by atoms with Gasteiger partial charge in [-0.3, -0.25) is 9.88 Å². The molecule has 1 saturated heterocycles. The molecule has 2 aliphatic heterocycles. The SMILES string of the molecule is Cc1ccc(Cl)cc1CN1CCc2cc(-c3c(C)nc(C)c([C@H](OC(C)(C)C)C(=O)O)c3N3CCC(C)(C)CC3)ccc2C1. The predicted molar refractivity (Wildman–Crippen MR) is 180 cm³/mol. The monoisotopic (exact) mass is 617 g/mol. The van der Waals surface area contributed by atoms with Crippen LogP contribution < -0.4 is 4.90 Å². The molecular weight excluding hydrogens is 570 g/mol. The molecule has 3 aromatic rings. The van der Waals surface area contributed by atoms with Crippen molar-refractivity contribution >= 4 is 23.3 Å². The summed E-state index contributed by atoms with van der Waals surface area (Å²) in [5.74, 6) is -0.987. The number of carboxylic acid groups (broad SMARTS) is 1. The van der Waals surface area contributed by atoms with Crippen molar-refractivity contribution in [2.75, 3.05) is 24.5 Å². The van der Waals surface area contributed by atoms with Gasteiger partial charge in [0.1, 0.15) is 0 Å². The second-order valence-corrected chi connectivity index (χ2v) is 15.0. The van der Waals surface area contributed by atoms with E-state index in [1.165, 1.54) is 22.3 Å². The highest BCUT2D eigenvalue weighted by Crippen LogP contribution is 2.45. The van der Waals surface area contributed by atoms with Crippen molar-refractivity contribution < 1.29 is 14.6 Å². The summed E-state index contributed by atoms with van der Waals surface area (Å²) in [5, 5.41) is 11.3. The zero-order valence-corrected chi connectivity index (χ0v) is 28.4. The van der Waals surface area contributed by atoms with Gasteiger partial charge >= 0.3 is 5.97 Å². The summed E-state index contributed by atoms with van der Waals surface area (Å²) in [5.41, 5.74) is 10.2. The summed E-state index contributed by atoms with van der Waals surface area (Å²) in [6, 6.07) is 12.9. The van der Waals surface area contributed by atoms with E-state index in [1.807, 2.05) is 33.8 Å². The second-order valence-electron chi connectivity index (χ2n) is 14.5. The molecule has 3 heterocycles. The average Bonchev–Trinajstić information content (AvgIpc) is 2.93. The van der Waals surface area contributed by atoms with Gasteiger partial charge in [0, 0.05) is 60.3 Å². The molecule has 5 rings (SSSR count). The number of fused-ring (bicyclic) bond motifs is 1. The minimum atomic E-state index is -1.12. The minimum absolute atomic E-state index is 0.253. The summed E-state index contributed by atoms with van der Waals surface area (Å²) in [6.45, 7) is 20.9. The van der Waals surface area contributed by atoms with Gasteiger partial charge in [-0.05, 0) is 106 Å². The van der Waals surface area contributed by atoms with Crippen molar-refractivity contribution in [2.24, 2.45) is 5.41 Å². The molecule has 0 amide bonds. The first-order valence-corrected chi connectivity index (χ1v) is 16.3. The number of nitrogens with zero attached hydrogens (tertiary/aromatic N) is 3. The zero-order chi connectivity index (χ0) is 32.0. The number of carbonyl (C=O) groups is 1. The molecule has 7 heteroatoms. The molecule has 1 aromatic heterocycles. The number of anilines is 1. The number of hydrogen-bond donors (Lipinski definition) is 1. The van der Waals surface area contributed by atoms with E-state index in [1.54, 1.807) is 0 Å². The van der Waals surface area contributed by atoms with Crippen LogP contribution >= 0.6 is 11.6 Å². The Labute approximate surface area is 268 Å². The lowest BCUT2D eigenvalue weighted by atomic mass is 9.81. The number of benzene rings is 2. The van der Waals surface area contributed by atoms with Gasteiger partial charge in [0.25, 0.3) is 0 Å². The van der Waals surface area contributed by atoms with Gasteiger partial charge in [-0.2, -0.15) is 0 Å². The van der Waals surface area contributed by atoms with Crippen LogP contribution in [0.2, 0.25) is 5.02 Å². The maximum atomic E-state index is 12.8. The molecule has 6 nitrogen and oxygen atoms in total. The Hall–Kier alpha value is -2.93. The van der Waals surface area contributed by atoms with Crippen molar-refractivity contribution in [3.05, 3.63) is 80.6 Å². The summed E-state index contributed by atoms with van der Waals surface area (Å²) < 4.78 is 6.26. The van der Waals surface area contributed by atoms with Crippen molar-refractivity contribution in [2.45, 2.75) is 99.4 Å². The van der Waals surface area contributed by atoms with Gasteiger partial charge in [0.15, 0.2) is 6.10 Å². The van der Waals surface area contributed by atoms with E-state index in [4.69, 9.17) is 21.3 Å². The van der Waals surface area contributed by atoms with Gasteiger partial charge in [-0.1, -0.05) is 49.7 Å². The summed E-state index contributed by atoms with van der Waals surface area (Å²) in [7, 11) is 0. The van der Waals surface area contributed by atoms with Crippen molar-refractivity contribution in [1.82, 2.24) is 9.88 Å². The highest BCUT2D eigenvalue weighted by molar-refractivity contribution is 6.30. The Kier molecular flexibility index (Phi) is 9.19. The summed E-state index contributed by atoms with van der Waals surface area (Å²) >= 11 is 6.31. The number of rotatable bonds is 7. The quantitative estimate of drug-likeness (QED) is 0.287. The Bertz CT molecular complexity index is 1550. The number of aryl methyl sites for hydroxylation is 3. The fourth-order valence-corrected chi connectivity index (χ4v) is 6.90. The molecular formula is C37H48ClN3O3. The van der Waals surface area contributed by atoms with Crippen LogP contribution in [0.5, 0.6) is 0 Å². The topological polar surface area (TPSA) is 65.9 Å². The number of piperidine rings is 1. The lowest BCUT2D eigenvalue weighted by molar-refractivity contribution is -0.160. The molecule has 0 unspecified atom stereocenters. The first-order chi connectivity index (χ1) is 20.6. The number of pyridine rings is 1. The van der Waals surface area contributed by atoms with E-state index in [0.29, 0.717) is 11.3 Å². The normalized spacial score (nSPS) is 17.8. The molecule has 0 radical (unpaired) electrons. The van der Waals surface area contributed by atoms with Gasteiger partial charge < -0.3 is 14.7 Å². The van der Waals surface area contributed by atoms with E-state index in [0.717, 1.165) is 79.5 Å². The number of aromatic nitrogens is 1. The third-order valence-corrected chi connectivity index (χ3v) is 9.50. The molecule has 2 aromatic carbocycles. The highest BCUT2D eigenvalue weighted by atomic mass is 35.5. The third kappa shape index (κ3) is 7.14. The lowest BCUT2D eigenvalue weighted by Crippen LogP contribution is -2.39. The van der Waals surface area contributed by atoms with Crippen molar-refractivity contribution in [3.8, 4) is 11.1 Å². The first kappa shape index (κ1) is 32.5. The maximum Gasteiger partial charge on any atom is 0.337 e. The number of carboxylic acids is 1. The van der Waals surface area contributed by atoms with E-state index in [-0.39, 0.29) is 5.41 Å². The molecule has 0 aliphatic carbocycles. The smallest absolute Gasteiger partial charge is 0.337 e. The van der Waals surface area contributed by atoms with Crippen molar-refractivity contribution in [3.63, 3.8) is 0 Å². The second kappa shape index (κ2) is 12.5. The Morgan fingerprint density at radius 1 is 1.02 bits per heavy atom. The van der Waals surface area contributed by atoms with Crippen LogP contribution in [0.25, 0.3) is 11.1 Å². The van der Waals surface area contributed by atoms with E-state index < -0.39 is 17.7 Å². The number of ether oxygens (including phenoxy) is 1. The van der Waals surface area contributed by atoms with E-state index in [9.17, 15) is 9.90 Å². The largest absolute Gasteiger partial charge is 0.479 e. The van der Waals surface area contributed by atoms with Crippen LogP contribution in [0.4, 0.5) is 5.69 Å². The number of aliphatic carboxylic acids is 1. The zero-order valence-electron chi connectivity index (χ0n) is 27.7. The Morgan fingerprint density at radius 3 is 2.39 bits per heavy atom. The first-order valence-electron chi connectivity index (χ1n) is 15.9. The standard InChI is InChI=1S/C37H48ClN3O3/c1-23-9-12-30(38)20-29(23)22-40-16-13-26-19-27(10-11-28(26)21-40)31-24(2)39-25(3)32(34(35(42)43)44-36(4,5)6)33(31)41-17-14-37(7,8)15-18-41/h9-12,19-20,34H,13-18,21-22H2,1-8H3,(H,42,43)/t34-/m0/s1. The van der Waals surface area contributed by atoms with Crippen LogP contribution in [-0.2, 0) is 29.0 Å². The molecule has 2 aliphatic rings. The fourth-order valence-electron chi connectivity index (χ4n) is 6.71. The van der Waals surface area contributed by atoms with Gasteiger partial charge in [0.2, 0.25) is 0 Å². The molecule has 1 atom stereocenters. The molecule has 0 bridgehead atoms. The molecule has 1 fully saturated rings. The Balaban J connectivity index is 1.57. The molecule has 44 heavy (non-hydrogen) atoms. The van der Waals surface area contributed by atoms with Crippen LogP contribution in [0, 0.1) is 26.2 Å². The van der Waals surface area contributed by atoms with Gasteiger partial charge in [0.05, 0.1) is 11.3 Å². The molecule has 1 N–H and O–H groups in total.